The van der Waals surface area contributed by atoms with Gasteiger partial charge in [-0.15, -0.1) is 0 Å². The summed E-state index contributed by atoms with van der Waals surface area (Å²) in [6, 6.07) is 4.90. The number of nitrogens with two attached hydrogens (primary N) is 1. The zero-order valence-electron chi connectivity index (χ0n) is 9.33. The van der Waals surface area contributed by atoms with Crippen LogP contribution >= 0.6 is 0 Å². The minimum atomic E-state index is -0.771. The lowest BCUT2D eigenvalue weighted by atomic mass is 10.00. The van der Waals surface area contributed by atoms with Crippen molar-refractivity contribution < 1.29 is 13.9 Å². The summed E-state index contributed by atoms with van der Waals surface area (Å²) in [7, 11) is 0. The molecule has 1 aromatic rings. The second-order valence-electron chi connectivity index (χ2n) is 3.95. The van der Waals surface area contributed by atoms with Crippen LogP contribution in [-0.2, 0) is 15.3 Å². The van der Waals surface area contributed by atoms with E-state index in [9.17, 15) is 4.39 Å². The van der Waals surface area contributed by atoms with Gasteiger partial charge in [-0.3, -0.25) is 0 Å². The lowest BCUT2D eigenvalue weighted by molar-refractivity contribution is -0.168. The summed E-state index contributed by atoms with van der Waals surface area (Å²) < 4.78 is 24.5. The van der Waals surface area contributed by atoms with E-state index in [1.165, 1.54) is 6.07 Å². The van der Waals surface area contributed by atoms with Crippen molar-refractivity contribution in [3.63, 3.8) is 0 Å². The van der Waals surface area contributed by atoms with Crippen LogP contribution in [-0.4, -0.2) is 19.8 Å². The van der Waals surface area contributed by atoms with Crippen LogP contribution in [0.15, 0.2) is 18.2 Å². The van der Waals surface area contributed by atoms with E-state index >= 15 is 0 Å². The molecule has 0 spiro atoms. The Kier molecular flexibility index (Phi) is 3.23. The van der Waals surface area contributed by atoms with Gasteiger partial charge in [0.05, 0.1) is 13.2 Å². The van der Waals surface area contributed by atoms with Crippen LogP contribution in [0.3, 0.4) is 0 Å². The Morgan fingerprint density at radius 1 is 1.38 bits per heavy atom. The van der Waals surface area contributed by atoms with Gasteiger partial charge in [0.1, 0.15) is 5.82 Å². The quantitative estimate of drug-likeness (QED) is 0.851. The van der Waals surface area contributed by atoms with Crippen molar-refractivity contribution in [2.24, 2.45) is 5.73 Å². The van der Waals surface area contributed by atoms with Crippen molar-refractivity contribution in [2.75, 3.05) is 19.8 Å². The molecule has 4 heteroatoms. The summed E-state index contributed by atoms with van der Waals surface area (Å²) in [5, 5.41) is 0. The number of aryl methyl sites for hydroxylation is 1. The fraction of sp³-hybridized carbons (Fsp3) is 0.500. The minimum absolute atomic E-state index is 0.218. The predicted molar refractivity (Wildman–Crippen MR) is 58.4 cm³/mol. The molecular weight excluding hydrogens is 209 g/mol. The van der Waals surface area contributed by atoms with Gasteiger partial charge in [0.2, 0.25) is 0 Å². The summed E-state index contributed by atoms with van der Waals surface area (Å²) in [6.45, 7) is 3.30. The Labute approximate surface area is 94.3 Å². The first-order valence-electron chi connectivity index (χ1n) is 5.42. The smallest absolute Gasteiger partial charge is 0.196 e. The van der Waals surface area contributed by atoms with E-state index in [-0.39, 0.29) is 5.82 Å². The third-order valence-electron chi connectivity index (χ3n) is 2.83. The van der Waals surface area contributed by atoms with E-state index in [1.807, 2.05) is 0 Å². The maximum absolute atomic E-state index is 13.2. The molecule has 0 unspecified atom stereocenters. The first-order valence-corrected chi connectivity index (χ1v) is 5.42. The van der Waals surface area contributed by atoms with Crippen LogP contribution in [0.5, 0.6) is 0 Å². The standard InChI is InChI=1S/C12H16FNO2/c1-9-8-10(2-3-11(9)13)12(4-5-14)15-6-7-16-12/h2-3,8H,4-7,14H2,1H3. The van der Waals surface area contributed by atoms with Gasteiger partial charge in [-0.25, -0.2) is 4.39 Å². The van der Waals surface area contributed by atoms with E-state index < -0.39 is 5.79 Å². The van der Waals surface area contributed by atoms with Crippen molar-refractivity contribution >= 4 is 0 Å². The molecule has 0 amide bonds. The molecule has 2 rings (SSSR count). The molecule has 1 fully saturated rings. The Morgan fingerprint density at radius 2 is 2.06 bits per heavy atom. The second kappa shape index (κ2) is 4.49. The molecule has 1 heterocycles. The molecule has 1 aliphatic heterocycles. The average molecular weight is 225 g/mol. The van der Waals surface area contributed by atoms with Gasteiger partial charge in [0, 0.05) is 12.0 Å². The fourth-order valence-corrected chi connectivity index (χ4v) is 1.98. The van der Waals surface area contributed by atoms with Gasteiger partial charge in [-0.2, -0.15) is 0 Å². The van der Waals surface area contributed by atoms with E-state index in [0.29, 0.717) is 31.7 Å². The highest BCUT2D eigenvalue weighted by atomic mass is 19.1. The van der Waals surface area contributed by atoms with Crippen molar-refractivity contribution in [2.45, 2.75) is 19.1 Å². The zero-order valence-corrected chi connectivity index (χ0v) is 9.33. The molecule has 2 N–H and O–H groups in total. The highest BCUT2D eigenvalue weighted by Gasteiger charge is 2.37. The molecular formula is C12H16FNO2. The normalized spacial score (nSPS) is 18.9. The maximum Gasteiger partial charge on any atom is 0.196 e. The highest BCUT2D eigenvalue weighted by molar-refractivity contribution is 5.28. The molecule has 16 heavy (non-hydrogen) atoms. The molecule has 1 saturated heterocycles. The Bertz CT molecular complexity index is 375. The predicted octanol–water partition coefficient (Wildman–Crippen LogP) is 1.68. The lowest BCUT2D eigenvalue weighted by Gasteiger charge is -2.27. The molecule has 0 saturated carbocycles. The maximum atomic E-state index is 13.2. The Balaban J connectivity index is 2.35. The van der Waals surface area contributed by atoms with Crippen LogP contribution < -0.4 is 5.73 Å². The van der Waals surface area contributed by atoms with Crippen molar-refractivity contribution in [3.8, 4) is 0 Å². The van der Waals surface area contributed by atoms with Crippen LogP contribution in [0.25, 0.3) is 0 Å². The fourth-order valence-electron chi connectivity index (χ4n) is 1.98. The third-order valence-corrected chi connectivity index (χ3v) is 2.83. The van der Waals surface area contributed by atoms with Crippen molar-refractivity contribution in [1.82, 2.24) is 0 Å². The minimum Gasteiger partial charge on any atom is -0.343 e. The summed E-state index contributed by atoms with van der Waals surface area (Å²) in [6.07, 6.45) is 0.581. The number of hydrogen-bond acceptors (Lipinski definition) is 3. The molecule has 88 valence electrons. The van der Waals surface area contributed by atoms with Crippen LogP contribution in [0, 0.1) is 12.7 Å². The Morgan fingerprint density at radius 3 is 2.62 bits per heavy atom. The van der Waals surface area contributed by atoms with Crippen molar-refractivity contribution in [3.05, 3.63) is 35.1 Å². The average Bonchev–Trinajstić information content (AvgIpc) is 2.72. The molecule has 0 aliphatic carbocycles. The van der Waals surface area contributed by atoms with Gasteiger partial charge < -0.3 is 15.2 Å². The van der Waals surface area contributed by atoms with E-state index in [2.05, 4.69) is 0 Å². The number of rotatable bonds is 3. The zero-order chi connectivity index (χ0) is 11.6. The molecule has 0 atom stereocenters. The van der Waals surface area contributed by atoms with Crippen molar-refractivity contribution in [1.29, 1.82) is 0 Å². The van der Waals surface area contributed by atoms with Gasteiger partial charge in [0.25, 0.3) is 0 Å². The second-order valence-corrected chi connectivity index (χ2v) is 3.95. The van der Waals surface area contributed by atoms with Crippen LogP contribution in [0.4, 0.5) is 4.39 Å². The molecule has 1 aliphatic rings. The molecule has 0 aromatic heterocycles. The molecule has 1 aromatic carbocycles. The highest BCUT2D eigenvalue weighted by Crippen LogP contribution is 2.35. The van der Waals surface area contributed by atoms with E-state index in [4.69, 9.17) is 15.2 Å². The number of hydrogen-bond donors (Lipinski definition) is 1. The lowest BCUT2D eigenvalue weighted by Crippen LogP contribution is -2.30. The van der Waals surface area contributed by atoms with E-state index in [0.717, 1.165) is 5.56 Å². The summed E-state index contributed by atoms with van der Waals surface area (Å²) >= 11 is 0. The van der Waals surface area contributed by atoms with Gasteiger partial charge in [-0.1, -0.05) is 6.07 Å². The van der Waals surface area contributed by atoms with Gasteiger partial charge >= 0.3 is 0 Å². The topological polar surface area (TPSA) is 44.5 Å². The summed E-state index contributed by atoms with van der Waals surface area (Å²) in [5.41, 5.74) is 7.00. The largest absolute Gasteiger partial charge is 0.343 e. The molecule has 3 nitrogen and oxygen atoms in total. The Hall–Kier alpha value is -0.970. The van der Waals surface area contributed by atoms with Crippen LogP contribution in [0.2, 0.25) is 0 Å². The molecule has 0 radical (unpaired) electrons. The first-order chi connectivity index (χ1) is 7.68. The number of benzene rings is 1. The summed E-state index contributed by atoms with van der Waals surface area (Å²) in [5.74, 6) is -0.989. The number of ether oxygens (including phenoxy) is 2. The molecule has 0 bridgehead atoms. The van der Waals surface area contributed by atoms with Crippen LogP contribution in [0.1, 0.15) is 17.5 Å². The SMILES string of the molecule is Cc1cc(C2(CCN)OCCO2)ccc1F. The third kappa shape index (κ3) is 1.96. The van der Waals surface area contributed by atoms with E-state index in [1.54, 1.807) is 19.1 Å². The first kappa shape index (κ1) is 11.5. The monoisotopic (exact) mass is 225 g/mol. The van der Waals surface area contributed by atoms with Gasteiger partial charge in [-0.05, 0) is 31.2 Å². The number of halogens is 1. The van der Waals surface area contributed by atoms with Gasteiger partial charge in [0.15, 0.2) is 5.79 Å². The summed E-state index contributed by atoms with van der Waals surface area (Å²) in [4.78, 5) is 0.